The van der Waals surface area contributed by atoms with Gasteiger partial charge in [-0.3, -0.25) is 9.69 Å². The van der Waals surface area contributed by atoms with E-state index in [9.17, 15) is 4.79 Å². The molecule has 0 unspecified atom stereocenters. The zero-order valence-corrected chi connectivity index (χ0v) is 20.6. The number of amides is 1. The lowest BCUT2D eigenvalue weighted by atomic mass is 9.75. The van der Waals surface area contributed by atoms with Crippen LogP contribution in [0.5, 0.6) is 5.88 Å². The van der Waals surface area contributed by atoms with Gasteiger partial charge in [-0.25, -0.2) is 9.97 Å². The molecule has 35 heavy (non-hydrogen) atoms. The van der Waals surface area contributed by atoms with Crippen molar-refractivity contribution in [3.05, 3.63) is 41.3 Å². The molecule has 4 heterocycles. The van der Waals surface area contributed by atoms with Gasteiger partial charge in [0.05, 0.1) is 42.1 Å². The van der Waals surface area contributed by atoms with Crippen LogP contribution in [0.2, 0.25) is 5.02 Å². The van der Waals surface area contributed by atoms with Gasteiger partial charge in [0.1, 0.15) is 17.7 Å². The molecule has 2 aromatic rings. The Bertz CT molecular complexity index is 1110. The molecule has 0 radical (unpaired) electrons. The van der Waals surface area contributed by atoms with E-state index in [4.69, 9.17) is 26.3 Å². The van der Waals surface area contributed by atoms with E-state index in [1.807, 2.05) is 18.2 Å². The quantitative estimate of drug-likeness (QED) is 0.576. The molecule has 2 aromatic heterocycles. The zero-order chi connectivity index (χ0) is 24.4. The number of rotatable bonds is 7. The number of piperidine rings is 1. The molecule has 0 atom stereocenters. The van der Waals surface area contributed by atoms with E-state index in [0.717, 1.165) is 64.0 Å². The minimum absolute atomic E-state index is 0.0342. The topological polar surface area (TPSA) is 94.8 Å². The smallest absolute Gasteiger partial charge is 0.254 e. The highest BCUT2D eigenvalue weighted by atomic mass is 35.5. The van der Waals surface area contributed by atoms with Crippen LogP contribution in [0.15, 0.2) is 30.6 Å². The van der Waals surface area contributed by atoms with Crippen molar-refractivity contribution in [2.45, 2.75) is 43.7 Å². The molecular weight excluding hydrogens is 468 g/mol. The lowest BCUT2D eigenvalue weighted by Crippen LogP contribution is -2.54. The normalized spacial score (nSPS) is 20.2. The fraction of sp³-hybridized carbons (Fsp3) is 0.520. The standard InChI is InChI=1S/C25H29ClN6O3/c1-34-12-11-30-9-5-20(6-10-30)35-23-4-3-18(15-29-23)32-17-31(24(33)25(32)7-2-8-25)19-13-21(26)22(14-27)28-16-19/h3-4,13,15-16,20H,2,5-12,17H2,1H3. The van der Waals surface area contributed by atoms with Crippen LogP contribution in [-0.2, 0) is 9.53 Å². The van der Waals surface area contributed by atoms with Crippen molar-refractivity contribution < 1.29 is 14.3 Å². The fourth-order valence-electron chi connectivity index (χ4n) is 5.13. The predicted molar refractivity (Wildman–Crippen MR) is 132 cm³/mol. The Morgan fingerprint density at radius 1 is 1.20 bits per heavy atom. The average molecular weight is 497 g/mol. The molecule has 0 N–H and O–H groups in total. The minimum atomic E-state index is -0.570. The number of halogens is 1. The molecule has 0 aromatic carbocycles. The first-order valence-corrected chi connectivity index (χ1v) is 12.4. The lowest BCUT2D eigenvalue weighted by Gasteiger charge is -2.43. The maximum atomic E-state index is 13.5. The van der Waals surface area contributed by atoms with Gasteiger partial charge in [-0.2, -0.15) is 5.26 Å². The minimum Gasteiger partial charge on any atom is -0.474 e. The van der Waals surface area contributed by atoms with Crippen molar-refractivity contribution in [2.24, 2.45) is 0 Å². The van der Waals surface area contributed by atoms with Gasteiger partial charge in [-0.15, -0.1) is 0 Å². The Morgan fingerprint density at radius 3 is 2.57 bits per heavy atom. The Balaban J connectivity index is 1.27. The third kappa shape index (κ3) is 4.54. The van der Waals surface area contributed by atoms with Gasteiger partial charge < -0.3 is 19.3 Å². The third-order valence-electron chi connectivity index (χ3n) is 7.33. The highest BCUT2D eigenvalue weighted by molar-refractivity contribution is 6.31. The van der Waals surface area contributed by atoms with Crippen LogP contribution >= 0.6 is 11.6 Å². The monoisotopic (exact) mass is 496 g/mol. The van der Waals surface area contributed by atoms with Crippen LogP contribution in [0, 0.1) is 11.3 Å². The number of carbonyl (C=O) groups is 1. The van der Waals surface area contributed by atoms with E-state index in [1.165, 1.54) is 6.20 Å². The van der Waals surface area contributed by atoms with Crippen LogP contribution in [-0.4, -0.2) is 72.4 Å². The largest absolute Gasteiger partial charge is 0.474 e. The second kappa shape index (κ2) is 9.97. The number of ether oxygens (including phenoxy) is 2. The molecule has 1 amide bonds. The molecule has 2 saturated heterocycles. The Hall–Kier alpha value is -2.93. The van der Waals surface area contributed by atoms with Gasteiger partial charge in [0, 0.05) is 32.8 Å². The van der Waals surface area contributed by atoms with Crippen molar-refractivity contribution in [1.82, 2.24) is 14.9 Å². The zero-order valence-electron chi connectivity index (χ0n) is 19.8. The van der Waals surface area contributed by atoms with Gasteiger partial charge in [-0.1, -0.05) is 11.6 Å². The van der Waals surface area contributed by atoms with Crippen molar-refractivity contribution >= 4 is 28.9 Å². The number of nitriles is 1. The van der Waals surface area contributed by atoms with Gasteiger partial charge in [0.25, 0.3) is 5.91 Å². The summed E-state index contributed by atoms with van der Waals surface area (Å²) in [6, 6.07) is 7.47. The second-order valence-corrected chi connectivity index (χ2v) is 9.74. The summed E-state index contributed by atoms with van der Waals surface area (Å²) in [6.07, 6.45) is 8.00. The number of hydrogen-bond acceptors (Lipinski definition) is 8. The second-order valence-electron chi connectivity index (χ2n) is 9.33. The Morgan fingerprint density at radius 2 is 1.97 bits per heavy atom. The van der Waals surface area contributed by atoms with Crippen LogP contribution in [0.3, 0.4) is 0 Å². The molecule has 10 heteroatoms. The number of carbonyl (C=O) groups excluding carboxylic acids is 1. The van der Waals surface area contributed by atoms with Crippen LogP contribution in [0.1, 0.15) is 37.8 Å². The van der Waals surface area contributed by atoms with E-state index in [0.29, 0.717) is 18.2 Å². The SMILES string of the molecule is COCCN1CCC(Oc2ccc(N3CN(c4cnc(C#N)c(Cl)c4)C(=O)C34CCC4)cn2)CC1. The molecule has 3 aliphatic rings. The summed E-state index contributed by atoms with van der Waals surface area (Å²) in [5.41, 5.74) is 1.06. The highest BCUT2D eigenvalue weighted by Crippen LogP contribution is 2.46. The summed E-state index contributed by atoms with van der Waals surface area (Å²) in [4.78, 5) is 28.4. The number of aromatic nitrogens is 2. The highest BCUT2D eigenvalue weighted by Gasteiger charge is 2.56. The van der Waals surface area contributed by atoms with E-state index < -0.39 is 5.54 Å². The summed E-state index contributed by atoms with van der Waals surface area (Å²) in [5, 5.41) is 9.35. The fourth-order valence-corrected chi connectivity index (χ4v) is 5.34. The first-order chi connectivity index (χ1) is 17.0. The molecule has 1 saturated carbocycles. The molecule has 9 nitrogen and oxygen atoms in total. The number of nitrogens with zero attached hydrogens (tertiary/aromatic N) is 6. The van der Waals surface area contributed by atoms with E-state index in [-0.39, 0.29) is 22.7 Å². The summed E-state index contributed by atoms with van der Waals surface area (Å²) in [5.74, 6) is 0.643. The Kier molecular flexibility index (Phi) is 6.78. The van der Waals surface area contributed by atoms with Crippen LogP contribution < -0.4 is 14.5 Å². The number of likely N-dealkylation sites (tertiary alicyclic amines) is 1. The first kappa shape index (κ1) is 23.8. The lowest BCUT2D eigenvalue weighted by molar-refractivity contribution is -0.124. The predicted octanol–water partition coefficient (Wildman–Crippen LogP) is 3.22. The maximum Gasteiger partial charge on any atom is 0.254 e. The third-order valence-corrected chi connectivity index (χ3v) is 7.62. The number of pyridine rings is 2. The Labute approximate surface area is 210 Å². The molecule has 1 spiro atoms. The molecule has 0 bridgehead atoms. The number of anilines is 2. The van der Waals surface area contributed by atoms with Gasteiger partial charge in [-0.05, 0) is 44.2 Å². The first-order valence-electron chi connectivity index (χ1n) is 12.0. The van der Waals surface area contributed by atoms with Crippen molar-refractivity contribution in [3.8, 4) is 11.9 Å². The van der Waals surface area contributed by atoms with Gasteiger partial charge in [0.2, 0.25) is 5.88 Å². The van der Waals surface area contributed by atoms with Crippen LogP contribution in [0.25, 0.3) is 0 Å². The van der Waals surface area contributed by atoms with Gasteiger partial charge in [0.15, 0.2) is 5.69 Å². The van der Waals surface area contributed by atoms with E-state index in [2.05, 4.69) is 19.8 Å². The maximum absolute atomic E-state index is 13.5. The molecule has 1 aliphatic carbocycles. The van der Waals surface area contributed by atoms with Crippen LogP contribution in [0.4, 0.5) is 11.4 Å². The number of methoxy groups -OCH3 is 1. The van der Waals surface area contributed by atoms with E-state index >= 15 is 0 Å². The van der Waals surface area contributed by atoms with Crippen molar-refractivity contribution in [3.63, 3.8) is 0 Å². The molecule has 5 rings (SSSR count). The summed E-state index contributed by atoms with van der Waals surface area (Å²) in [7, 11) is 1.73. The summed E-state index contributed by atoms with van der Waals surface area (Å²) >= 11 is 6.19. The van der Waals surface area contributed by atoms with Crippen molar-refractivity contribution in [2.75, 3.05) is 49.8 Å². The average Bonchev–Trinajstić information content (AvgIpc) is 3.17. The van der Waals surface area contributed by atoms with E-state index in [1.54, 1.807) is 24.3 Å². The molecule has 2 aliphatic heterocycles. The molecule has 184 valence electrons. The molecule has 3 fully saturated rings. The van der Waals surface area contributed by atoms with Gasteiger partial charge >= 0.3 is 0 Å². The summed E-state index contributed by atoms with van der Waals surface area (Å²) in [6.45, 7) is 4.07. The van der Waals surface area contributed by atoms with Crippen molar-refractivity contribution in [1.29, 1.82) is 5.26 Å². The number of hydrogen-bond donors (Lipinski definition) is 0. The molecular formula is C25H29ClN6O3. The summed E-state index contributed by atoms with van der Waals surface area (Å²) < 4.78 is 11.3.